The third-order valence-electron chi connectivity index (χ3n) is 14.2. The van der Waals surface area contributed by atoms with Crippen molar-refractivity contribution in [2.75, 3.05) is 19.6 Å². The first-order chi connectivity index (χ1) is 38.2. The maximum atomic E-state index is 7.32. The van der Waals surface area contributed by atoms with Crippen molar-refractivity contribution in [1.29, 1.82) is 0 Å². The molecule has 0 aliphatic rings. The zero-order valence-corrected chi connectivity index (χ0v) is 42.2. The van der Waals surface area contributed by atoms with Crippen LogP contribution in [0.5, 0.6) is 0 Å². The van der Waals surface area contributed by atoms with Gasteiger partial charge in [0.05, 0.1) is 11.4 Å². The lowest BCUT2D eigenvalue weighted by Crippen LogP contribution is -2.10. The Morgan fingerprint density at radius 1 is 0.182 bits per heavy atom. The largest absolute Gasteiger partial charge is 0.452 e. The van der Waals surface area contributed by atoms with Gasteiger partial charge in [-0.05, 0) is 156 Å². The van der Waals surface area contributed by atoms with Crippen LogP contribution in [0.2, 0.25) is 0 Å². The second-order valence-electron chi connectivity index (χ2n) is 19.0. The van der Waals surface area contributed by atoms with Crippen LogP contribution in [0.15, 0.2) is 320 Å². The molecule has 0 saturated heterocycles. The van der Waals surface area contributed by atoms with E-state index < -0.39 is 0 Å². The van der Waals surface area contributed by atoms with Gasteiger partial charge in [-0.3, -0.25) is 0 Å². The van der Waals surface area contributed by atoms with Crippen LogP contribution >= 0.6 is 0 Å². The third kappa shape index (κ3) is 9.24. The van der Waals surface area contributed by atoms with E-state index in [1.54, 1.807) is 0 Å². The van der Waals surface area contributed by atoms with Crippen molar-refractivity contribution in [3.05, 3.63) is 315 Å². The van der Waals surface area contributed by atoms with Crippen molar-refractivity contribution in [2.45, 2.75) is 0 Å². The zero-order valence-electron chi connectivity index (χ0n) is 42.2. The number of rotatable bonds is 14. The van der Waals surface area contributed by atoms with E-state index in [1.807, 2.05) is 0 Å². The summed E-state index contributed by atoms with van der Waals surface area (Å²) >= 11 is 0. The van der Waals surface area contributed by atoms with Crippen molar-refractivity contribution in [3.8, 4) is 22.3 Å². The van der Waals surface area contributed by atoms with Gasteiger partial charge in [0, 0.05) is 67.6 Å². The molecule has 0 spiro atoms. The molecule has 1 aromatic heterocycles. The summed E-state index contributed by atoms with van der Waals surface area (Å²) in [6.45, 7) is 0. The topological polar surface area (TPSA) is 26.1 Å². The Labute approximate surface area is 449 Å². The molecule has 13 aromatic rings. The summed E-state index contributed by atoms with van der Waals surface area (Å²) < 4.78 is 7.32. The van der Waals surface area contributed by atoms with E-state index in [0.29, 0.717) is 0 Å². The molecule has 366 valence electrons. The molecule has 12 aromatic carbocycles. The minimum absolute atomic E-state index is 0.803. The Balaban J connectivity index is 0.878. The molecule has 5 heteroatoms. The Bertz CT molecular complexity index is 3730. The fourth-order valence-electron chi connectivity index (χ4n) is 10.6. The summed E-state index contributed by atoms with van der Waals surface area (Å²) in [5.41, 5.74) is 18.6. The lowest BCUT2D eigenvalue weighted by molar-refractivity contribution is 0.669. The number of fused-ring (bicyclic) bond motifs is 3. The minimum Gasteiger partial charge on any atom is -0.452 e. The van der Waals surface area contributed by atoms with Gasteiger partial charge >= 0.3 is 0 Å². The number of benzene rings is 12. The van der Waals surface area contributed by atoms with Gasteiger partial charge in [0.15, 0.2) is 11.2 Å². The van der Waals surface area contributed by atoms with Crippen molar-refractivity contribution in [1.82, 2.24) is 0 Å². The predicted octanol–water partition coefficient (Wildman–Crippen LogP) is 20.8. The van der Waals surface area contributed by atoms with Gasteiger partial charge in [0.1, 0.15) is 0 Å². The number of anilines is 12. The van der Waals surface area contributed by atoms with Gasteiger partial charge in [-0.1, -0.05) is 182 Å². The molecular weight excluding hydrogens is 937 g/mol. The normalized spacial score (nSPS) is 11.1. The molecule has 0 unspecified atom stereocenters. The highest BCUT2D eigenvalue weighted by molar-refractivity contribution is 6.14. The molecular formula is C72H52N4O. The molecule has 0 saturated carbocycles. The van der Waals surface area contributed by atoms with Gasteiger partial charge in [0.2, 0.25) is 0 Å². The van der Waals surface area contributed by atoms with Gasteiger partial charge in [0.25, 0.3) is 0 Å². The van der Waals surface area contributed by atoms with Crippen LogP contribution in [-0.4, -0.2) is 0 Å². The number of para-hydroxylation sites is 8. The average Bonchev–Trinajstić information content (AvgIpc) is 3.93. The van der Waals surface area contributed by atoms with E-state index in [9.17, 15) is 0 Å². The van der Waals surface area contributed by atoms with Crippen molar-refractivity contribution in [3.63, 3.8) is 0 Å². The maximum Gasteiger partial charge on any atom is 0.159 e. The molecule has 13 rings (SSSR count). The van der Waals surface area contributed by atoms with Crippen LogP contribution in [-0.2, 0) is 0 Å². The molecule has 0 N–H and O–H groups in total. The smallest absolute Gasteiger partial charge is 0.159 e. The summed E-state index contributed by atoms with van der Waals surface area (Å²) in [4.78, 5) is 9.22. The fourth-order valence-corrected chi connectivity index (χ4v) is 10.6. The van der Waals surface area contributed by atoms with Gasteiger partial charge in [-0.2, -0.15) is 0 Å². The summed E-state index contributed by atoms with van der Waals surface area (Å²) in [6.07, 6.45) is 0. The Morgan fingerprint density at radius 3 is 0.753 bits per heavy atom. The standard InChI is InChI=1S/C72H52N4O/c1-7-25-57(26-8-1)73(58-27-9-2-10-28-58)63-47-43-53(44-48-63)55-23-19-37-65(51-55)75(61-33-15-5-16-34-61)69-41-21-39-67-68-40-22-42-70(72(68)77-71(67)69)76(62-35-17-6-18-36-62)66-38-20-24-56(52-66)54-45-49-64(50-46-54)74(59-29-11-3-12-30-59)60-31-13-4-14-32-60/h1-52H. The highest BCUT2D eigenvalue weighted by Gasteiger charge is 2.24. The van der Waals surface area contributed by atoms with Gasteiger partial charge in [-0.25, -0.2) is 0 Å². The van der Waals surface area contributed by atoms with E-state index in [4.69, 9.17) is 4.42 Å². The molecule has 0 amide bonds. The summed E-state index contributed by atoms with van der Waals surface area (Å²) in [5.74, 6) is 0. The number of nitrogens with zero attached hydrogens (tertiary/aromatic N) is 4. The van der Waals surface area contributed by atoms with Crippen molar-refractivity contribution in [2.24, 2.45) is 0 Å². The van der Waals surface area contributed by atoms with Gasteiger partial charge < -0.3 is 24.0 Å². The first-order valence-corrected chi connectivity index (χ1v) is 26.1. The molecule has 1 heterocycles. The van der Waals surface area contributed by atoms with Crippen LogP contribution in [0, 0.1) is 0 Å². The van der Waals surface area contributed by atoms with Crippen LogP contribution in [0.1, 0.15) is 0 Å². The second kappa shape index (κ2) is 20.9. The Morgan fingerprint density at radius 2 is 0.442 bits per heavy atom. The number of furan rings is 1. The zero-order chi connectivity index (χ0) is 51.3. The fraction of sp³-hybridized carbons (Fsp3) is 0. The predicted molar refractivity (Wildman–Crippen MR) is 323 cm³/mol. The average molecular weight is 989 g/mol. The first kappa shape index (κ1) is 46.4. The van der Waals surface area contributed by atoms with Crippen LogP contribution in [0.3, 0.4) is 0 Å². The molecule has 5 nitrogen and oxygen atoms in total. The monoisotopic (exact) mass is 988 g/mol. The lowest BCUT2D eigenvalue weighted by atomic mass is 10.0. The van der Waals surface area contributed by atoms with Gasteiger partial charge in [-0.15, -0.1) is 0 Å². The van der Waals surface area contributed by atoms with E-state index in [2.05, 4.69) is 335 Å². The molecule has 0 bridgehead atoms. The van der Waals surface area contributed by atoms with E-state index in [1.165, 1.54) is 0 Å². The summed E-state index contributed by atoms with van der Waals surface area (Å²) in [6, 6.07) is 112. The van der Waals surface area contributed by atoms with Crippen LogP contribution in [0.25, 0.3) is 44.2 Å². The number of hydrogen-bond donors (Lipinski definition) is 0. The molecule has 0 aliphatic carbocycles. The number of hydrogen-bond acceptors (Lipinski definition) is 5. The molecule has 0 aliphatic heterocycles. The molecule has 77 heavy (non-hydrogen) atoms. The third-order valence-corrected chi connectivity index (χ3v) is 14.2. The Kier molecular flexibility index (Phi) is 12.6. The van der Waals surface area contributed by atoms with E-state index in [-0.39, 0.29) is 0 Å². The quantitative estimate of drug-likeness (QED) is 0.108. The van der Waals surface area contributed by atoms with E-state index >= 15 is 0 Å². The Hall–Kier alpha value is -10.4. The molecule has 0 radical (unpaired) electrons. The van der Waals surface area contributed by atoms with Crippen LogP contribution in [0.4, 0.5) is 68.2 Å². The lowest BCUT2D eigenvalue weighted by Gasteiger charge is -2.27. The summed E-state index contributed by atoms with van der Waals surface area (Å²) in [5, 5.41) is 2.07. The minimum atomic E-state index is 0.803. The summed E-state index contributed by atoms with van der Waals surface area (Å²) in [7, 11) is 0. The van der Waals surface area contributed by atoms with Crippen LogP contribution < -0.4 is 19.6 Å². The first-order valence-electron chi connectivity index (χ1n) is 26.1. The van der Waals surface area contributed by atoms with Crippen molar-refractivity contribution < 1.29 is 4.42 Å². The molecule has 0 fully saturated rings. The highest BCUT2D eigenvalue weighted by atomic mass is 16.3. The second-order valence-corrected chi connectivity index (χ2v) is 19.0. The SMILES string of the molecule is c1ccc(N(c2ccccc2)c2ccc(-c3cccc(N(c4ccccc4)c4cccc5c4oc4c(N(c6ccccc6)c6cccc(-c7ccc(N(c8ccccc8)c8ccccc8)cc7)c6)cccc45)c3)cc2)cc1. The maximum absolute atomic E-state index is 7.32. The van der Waals surface area contributed by atoms with E-state index in [0.717, 1.165) is 112 Å². The molecule has 0 atom stereocenters. The van der Waals surface area contributed by atoms with Crippen molar-refractivity contribution >= 4 is 90.2 Å². The highest BCUT2D eigenvalue weighted by Crippen LogP contribution is 2.48.